The van der Waals surface area contributed by atoms with Gasteiger partial charge in [-0.15, -0.1) is 11.3 Å². The van der Waals surface area contributed by atoms with Crippen molar-refractivity contribution in [3.63, 3.8) is 0 Å². The first-order chi connectivity index (χ1) is 5.86. The van der Waals surface area contributed by atoms with Crippen LogP contribution in [0.4, 0.5) is 0 Å². The molecule has 0 atom stereocenters. The fraction of sp³-hybridized carbons (Fsp3) is 0.333. The molecule has 0 bridgehead atoms. The summed E-state index contributed by atoms with van der Waals surface area (Å²) in [5, 5.41) is 12.8. The number of fused-ring (bicyclic) bond motifs is 1. The smallest absolute Gasteiger partial charge is 0.139 e. The summed E-state index contributed by atoms with van der Waals surface area (Å²) in [5.74, 6) is 0.718. The molecule has 1 aliphatic carbocycles. The van der Waals surface area contributed by atoms with Crippen molar-refractivity contribution in [2.24, 2.45) is 0 Å². The lowest BCUT2D eigenvalue weighted by Gasteiger charge is -1.88. The van der Waals surface area contributed by atoms with E-state index in [1.807, 2.05) is 11.6 Å². The fourth-order valence-corrected chi connectivity index (χ4v) is 2.48. The highest BCUT2D eigenvalue weighted by Crippen LogP contribution is 2.44. The minimum Gasteiger partial charge on any atom is -0.428 e. The van der Waals surface area contributed by atoms with E-state index in [-0.39, 0.29) is 0 Å². The summed E-state index contributed by atoms with van der Waals surface area (Å²) in [4.78, 5) is 0.983. The van der Waals surface area contributed by atoms with Gasteiger partial charge in [0.2, 0.25) is 0 Å². The Labute approximate surface area is 74.0 Å². The van der Waals surface area contributed by atoms with Gasteiger partial charge in [-0.3, -0.25) is 0 Å². The van der Waals surface area contributed by atoms with Crippen LogP contribution in [0.3, 0.4) is 0 Å². The van der Waals surface area contributed by atoms with Gasteiger partial charge < -0.3 is 5.21 Å². The maximum absolute atomic E-state index is 9.48. The average molecular weight is 179 g/mol. The average Bonchev–Trinajstić information content (AvgIpc) is 2.68. The zero-order chi connectivity index (χ0) is 8.13. The Morgan fingerprint density at radius 2 is 2.33 bits per heavy atom. The monoisotopic (exact) mass is 179 g/mol. The summed E-state index contributed by atoms with van der Waals surface area (Å²) in [6, 6.07) is 2.10. The molecule has 2 aromatic rings. The summed E-state index contributed by atoms with van der Waals surface area (Å²) < 4.78 is 1.26. The van der Waals surface area contributed by atoms with Crippen LogP contribution in [0.1, 0.15) is 24.3 Å². The van der Waals surface area contributed by atoms with E-state index >= 15 is 0 Å². The molecule has 0 amide bonds. The summed E-state index contributed by atoms with van der Waals surface area (Å²) in [5.41, 5.74) is 1.33. The highest BCUT2D eigenvalue weighted by molar-refractivity contribution is 7.16. The standard InChI is InChI=1S/C9H9NOS/c11-10-5-8(6-1-2-6)7-3-4-12-9(7)10/h3-6,11H,1-2H2. The molecule has 1 aliphatic rings. The number of thiophene rings is 1. The molecule has 0 radical (unpaired) electrons. The predicted octanol–water partition coefficient (Wildman–Crippen LogP) is 2.82. The Balaban J connectivity index is 2.33. The Bertz CT molecular complexity index is 425. The van der Waals surface area contributed by atoms with Gasteiger partial charge in [0.25, 0.3) is 0 Å². The van der Waals surface area contributed by atoms with Crippen molar-refractivity contribution in [1.82, 2.24) is 4.73 Å². The van der Waals surface area contributed by atoms with Crippen molar-refractivity contribution in [2.45, 2.75) is 18.8 Å². The fourth-order valence-electron chi connectivity index (χ4n) is 1.68. The van der Waals surface area contributed by atoms with Crippen LogP contribution in [0.15, 0.2) is 17.6 Å². The summed E-state index contributed by atoms with van der Waals surface area (Å²) >= 11 is 1.59. The Morgan fingerprint density at radius 3 is 3.08 bits per heavy atom. The Hall–Kier alpha value is -0.960. The van der Waals surface area contributed by atoms with E-state index < -0.39 is 0 Å². The van der Waals surface area contributed by atoms with Crippen LogP contribution < -0.4 is 0 Å². The van der Waals surface area contributed by atoms with Crippen LogP contribution >= 0.6 is 11.3 Å². The lowest BCUT2D eigenvalue weighted by Crippen LogP contribution is -1.82. The van der Waals surface area contributed by atoms with E-state index in [0.29, 0.717) is 0 Å². The molecule has 1 N–H and O–H groups in total. The number of nitrogens with zero attached hydrogens (tertiary/aromatic N) is 1. The largest absolute Gasteiger partial charge is 0.428 e. The lowest BCUT2D eigenvalue weighted by molar-refractivity contribution is 0.201. The quantitative estimate of drug-likeness (QED) is 0.669. The maximum atomic E-state index is 9.48. The van der Waals surface area contributed by atoms with Crippen LogP contribution in [0, 0.1) is 0 Å². The number of hydrogen-bond acceptors (Lipinski definition) is 2. The molecule has 1 fully saturated rings. The van der Waals surface area contributed by atoms with Gasteiger partial charge in [0, 0.05) is 11.6 Å². The molecule has 0 aliphatic heterocycles. The van der Waals surface area contributed by atoms with Crippen LogP contribution in [0.25, 0.3) is 10.2 Å². The third-order valence-electron chi connectivity index (χ3n) is 2.44. The predicted molar refractivity (Wildman–Crippen MR) is 49.0 cm³/mol. The van der Waals surface area contributed by atoms with Gasteiger partial charge in [0.15, 0.2) is 0 Å². The van der Waals surface area contributed by atoms with Gasteiger partial charge >= 0.3 is 0 Å². The highest BCUT2D eigenvalue weighted by Gasteiger charge is 2.27. The number of rotatable bonds is 1. The minimum atomic E-state index is 0.718. The Morgan fingerprint density at radius 1 is 1.50 bits per heavy atom. The third-order valence-corrected chi connectivity index (χ3v) is 3.34. The third kappa shape index (κ3) is 0.743. The molecule has 0 unspecified atom stereocenters. The van der Waals surface area contributed by atoms with Crippen LogP contribution in [0.2, 0.25) is 0 Å². The Kier molecular flexibility index (Phi) is 1.11. The molecule has 0 aromatic carbocycles. The van der Waals surface area contributed by atoms with Gasteiger partial charge in [0.05, 0.1) is 0 Å². The normalized spacial score (nSPS) is 17.3. The molecule has 3 rings (SSSR count). The van der Waals surface area contributed by atoms with Crippen molar-refractivity contribution in [1.29, 1.82) is 0 Å². The molecule has 0 saturated heterocycles. The molecule has 1 saturated carbocycles. The van der Waals surface area contributed by atoms with Crippen LogP contribution in [-0.2, 0) is 0 Å². The molecule has 2 heterocycles. The number of aromatic nitrogens is 1. The molecular formula is C9H9NOS. The van der Waals surface area contributed by atoms with Crippen molar-refractivity contribution in [3.8, 4) is 0 Å². The highest BCUT2D eigenvalue weighted by atomic mass is 32.1. The first-order valence-corrected chi connectivity index (χ1v) is 5.02. The van der Waals surface area contributed by atoms with Gasteiger partial charge in [-0.25, -0.2) is 0 Å². The van der Waals surface area contributed by atoms with E-state index in [9.17, 15) is 5.21 Å². The zero-order valence-corrected chi connectivity index (χ0v) is 7.34. The van der Waals surface area contributed by atoms with E-state index in [4.69, 9.17) is 0 Å². The van der Waals surface area contributed by atoms with Gasteiger partial charge in [-0.2, -0.15) is 4.73 Å². The van der Waals surface area contributed by atoms with Crippen LogP contribution in [0.5, 0.6) is 0 Å². The first kappa shape index (κ1) is 6.54. The maximum Gasteiger partial charge on any atom is 0.139 e. The van der Waals surface area contributed by atoms with Gasteiger partial charge in [-0.1, -0.05) is 0 Å². The second-order valence-corrected chi connectivity index (χ2v) is 4.24. The molecule has 0 spiro atoms. The van der Waals surface area contributed by atoms with E-state index in [1.54, 1.807) is 11.3 Å². The van der Waals surface area contributed by atoms with Crippen molar-refractivity contribution in [3.05, 3.63) is 23.2 Å². The summed E-state index contributed by atoms with van der Waals surface area (Å²) in [7, 11) is 0. The molecule has 2 aromatic heterocycles. The lowest BCUT2D eigenvalue weighted by atomic mass is 10.2. The van der Waals surface area contributed by atoms with Crippen molar-refractivity contribution < 1.29 is 5.21 Å². The van der Waals surface area contributed by atoms with Crippen LogP contribution in [-0.4, -0.2) is 9.94 Å². The molecule has 2 nitrogen and oxygen atoms in total. The molecule has 62 valence electrons. The van der Waals surface area contributed by atoms with E-state index in [2.05, 4.69) is 6.07 Å². The van der Waals surface area contributed by atoms with Crippen molar-refractivity contribution in [2.75, 3.05) is 0 Å². The molecule has 12 heavy (non-hydrogen) atoms. The van der Waals surface area contributed by atoms with Gasteiger partial charge in [-0.05, 0) is 35.8 Å². The zero-order valence-electron chi connectivity index (χ0n) is 6.53. The summed E-state index contributed by atoms with van der Waals surface area (Å²) in [6.45, 7) is 0. The number of hydrogen-bond donors (Lipinski definition) is 1. The minimum absolute atomic E-state index is 0.718. The second-order valence-electron chi connectivity index (χ2n) is 3.34. The first-order valence-electron chi connectivity index (χ1n) is 4.14. The van der Waals surface area contributed by atoms with Crippen molar-refractivity contribution >= 4 is 21.6 Å². The molecular weight excluding hydrogens is 170 g/mol. The molecule has 3 heteroatoms. The topological polar surface area (TPSA) is 25.2 Å². The second kappa shape index (κ2) is 2.04. The van der Waals surface area contributed by atoms with E-state index in [1.165, 1.54) is 28.5 Å². The summed E-state index contributed by atoms with van der Waals surface area (Å²) in [6.07, 6.45) is 4.43. The SMILES string of the molecule is On1cc(C2CC2)c2ccsc21. The van der Waals surface area contributed by atoms with E-state index in [0.717, 1.165) is 10.7 Å². The van der Waals surface area contributed by atoms with Gasteiger partial charge in [0.1, 0.15) is 4.83 Å².